The van der Waals surface area contributed by atoms with E-state index in [9.17, 15) is 27.2 Å². The highest BCUT2D eigenvalue weighted by Crippen LogP contribution is 2.36. The first-order valence-electron chi connectivity index (χ1n) is 13.1. The van der Waals surface area contributed by atoms with Crippen LogP contribution in [0.15, 0.2) is 42.9 Å². The summed E-state index contributed by atoms with van der Waals surface area (Å²) in [6, 6.07) is 5.34. The number of ether oxygens (including phenoxy) is 1. The third kappa shape index (κ3) is 5.45. The van der Waals surface area contributed by atoms with Gasteiger partial charge in [-0.3, -0.25) is 18.7 Å². The van der Waals surface area contributed by atoms with Crippen LogP contribution in [0.1, 0.15) is 71.2 Å². The molecular weight excluding hydrogens is 546 g/mol. The van der Waals surface area contributed by atoms with Crippen LogP contribution in [-0.4, -0.2) is 48.1 Å². The molecule has 0 atom stereocenters. The summed E-state index contributed by atoms with van der Waals surface area (Å²) in [4.78, 5) is 32.2. The molecule has 4 heterocycles. The van der Waals surface area contributed by atoms with Gasteiger partial charge in [0.1, 0.15) is 11.7 Å². The number of imidazole rings is 1. The van der Waals surface area contributed by atoms with Crippen LogP contribution in [0, 0.1) is 5.95 Å². The molecule has 10 nitrogen and oxygen atoms in total. The molecule has 14 heteroatoms. The monoisotopic (exact) mass is 571 g/mol. The summed E-state index contributed by atoms with van der Waals surface area (Å²) in [5.41, 5.74) is 6.09. The minimum atomic E-state index is -4.83. The second-order valence-electron chi connectivity index (χ2n) is 10.3. The van der Waals surface area contributed by atoms with Gasteiger partial charge in [0.2, 0.25) is 17.7 Å². The van der Waals surface area contributed by atoms with E-state index in [0.29, 0.717) is 36.8 Å². The third-order valence-corrected chi connectivity index (χ3v) is 7.34. The number of primary amides is 1. The lowest BCUT2D eigenvalue weighted by atomic mass is 9.93. The van der Waals surface area contributed by atoms with Crippen molar-refractivity contribution in [2.24, 2.45) is 5.73 Å². The molecule has 0 spiro atoms. The van der Waals surface area contributed by atoms with E-state index in [1.54, 1.807) is 10.9 Å². The van der Waals surface area contributed by atoms with Crippen molar-refractivity contribution in [3.05, 3.63) is 65.9 Å². The Morgan fingerprint density at radius 2 is 1.73 bits per heavy atom. The SMILES string of the molecule is NC(=O)c1cn(C2CC2)nc1OC1CCC(NC(=O)c2nc(C(F)(F)F)n3cc(-c4ccc(F)nc4)ccc23)CC1. The van der Waals surface area contributed by atoms with E-state index in [2.05, 4.69) is 20.4 Å². The van der Waals surface area contributed by atoms with E-state index < -0.39 is 29.8 Å². The number of hydrogen-bond acceptors (Lipinski definition) is 6. The van der Waals surface area contributed by atoms with Crippen molar-refractivity contribution in [2.75, 3.05) is 0 Å². The molecule has 2 amide bonds. The van der Waals surface area contributed by atoms with Crippen molar-refractivity contribution in [1.29, 1.82) is 0 Å². The molecule has 4 aromatic heterocycles. The van der Waals surface area contributed by atoms with Crippen molar-refractivity contribution in [1.82, 2.24) is 29.5 Å². The summed E-state index contributed by atoms with van der Waals surface area (Å²) in [5.74, 6) is -3.12. The van der Waals surface area contributed by atoms with Gasteiger partial charge in [-0.2, -0.15) is 17.6 Å². The number of hydrogen-bond donors (Lipinski definition) is 2. The standard InChI is InChI=1S/C27H25F4N7O3/c28-21-10-2-14(11-33-21)15-1-9-20-22(35-26(27(29,30)31)37(20)12-15)24(40)34-16-3-7-18(8-4-16)41-25-19(23(32)39)13-38(36-25)17-5-6-17/h1-2,9-13,16-18H,3-8H2,(H2,32,39)(H,34,40). The van der Waals surface area contributed by atoms with Crippen molar-refractivity contribution in [2.45, 2.75) is 62.9 Å². The second-order valence-corrected chi connectivity index (χ2v) is 10.3. The molecule has 0 aliphatic heterocycles. The van der Waals surface area contributed by atoms with E-state index in [0.717, 1.165) is 23.3 Å². The van der Waals surface area contributed by atoms with Gasteiger partial charge in [-0.15, -0.1) is 5.10 Å². The molecule has 2 aliphatic carbocycles. The van der Waals surface area contributed by atoms with Gasteiger partial charge in [-0.25, -0.2) is 9.97 Å². The fraction of sp³-hybridized carbons (Fsp3) is 0.370. The van der Waals surface area contributed by atoms with Gasteiger partial charge in [0.25, 0.3) is 11.8 Å². The number of alkyl halides is 3. The minimum Gasteiger partial charge on any atom is -0.473 e. The maximum atomic E-state index is 13.9. The number of nitrogens with one attached hydrogen (secondary N) is 1. The Balaban J connectivity index is 1.15. The third-order valence-electron chi connectivity index (χ3n) is 7.34. The lowest BCUT2D eigenvalue weighted by Crippen LogP contribution is -2.40. The molecule has 0 bridgehead atoms. The van der Waals surface area contributed by atoms with Crippen LogP contribution in [0.2, 0.25) is 0 Å². The zero-order chi connectivity index (χ0) is 28.9. The van der Waals surface area contributed by atoms with Crippen LogP contribution in [0.3, 0.4) is 0 Å². The number of rotatable bonds is 7. The topological polar surface area (TPSA) is 129 Å². The van der Waals surface area contributed by atoms with Crippen LogP contribution in [-0.2, 0) is 6.18 Å². The average Bonchev–Trinajstić information content (AvgIpc) is 3.57. The van der Waals surface area contributed by atoms with Crippen molar-refractivity contribution < 1.29 is 31.9 Å². The summed E-state index contributed by atoms with van der Waals surface area (Å²) >= 11 is 0. The van der Waals surface area contributed by atoms with Gasteiger partial charge >= 0.3 is 6.18 Å². The van der Waals surface area contributed by atoms with Gasteiger partial charge in [0.05, 0.1) is 11.6 Å². The number of nitrogens with zero attached hydrogens (tertiary/aromatic N) is 5. The van der Waals surface area contributed by atoms with Crippen molar-refractivity contribution in [3.8, 4) is 17.0 Å². The number of nitrogens with two attached hydrogens (primary N) is 1. The first kappa shape index (κ1) is 26.7. The molecule has 0 unspecified atom stereocenters. The summed E-state index contributed by atoms with van der Waals surface area (Å²) in [6.07, 6.45) is 2.97. The van der Waals surface area contributed by atoms with Gasteiger partial charge in [-0.05, 0) is 62.3 Å². The van der Waals surface area contributed by atoms with E-state index in [4.69, 9.17) is 10.5 Å². The number of amides is 2. The average molecular weight is 572 g/mol. The molecule has 41 heavy (non-hydrogen) atoms. The number of fused-ring (bicyclic) bond motifs is 1. The normalized spacial score (nSPS) is 19.3. The summed E-state index contributed by atoms with van der Waals surface area (Å²) < 4.78 is 63.3. The lowest BCUT2D eigenvalue weighted by molar-refractivity contribution is -0.145. The van der Waals surface area contributed by atoms with Crippen LogP contribution in [0.4, 0.5) is 17.6 Å². The molecule has 2 fully saturated rings. The summed E-state index contributed by atoms with van der Waals surface area (Å²) in [6.45, 7) is 0. The highest BCUT2D eigenvalue weighted by atomic mass is 19.4. The Kier molecular flexibility index (Phi) is 6.62. The minimum absolute atomic E-state index is 0.0177. The summed E-state index contributed by atoms with van der Waals surface area (Å²) in [5, 5.41) is 7.18. The molecule has 2 saturated carbocycles. The molecule has 0 aromatic carbocycles. The predicted molar refractivity (Wildman–Crippen MR) is 137 cm³/mol. The molecular formula is C27H25F4N7O3. The van der Waals surface area contributed by atoms with Gasteiger partial charge in [0, 0.05) is 30.2 Å². The van der Waals surface area contributed by atoms with Crippen LogP contribution in [0.25, 0.3) is 16.6 Å². The Hall–Kier alpha value is -4.49. The van der Waals surface area contributed by atoms with Crippen LogP contribution >= 0.6 is 0 Å². The number of pyridine rings is 2. The smallest absolute Gasteiger partial charge is 0.450 e. The van der Waals surface area contributed by atoms with Crippen LogP contribution in [0.5, 0.6) is 5.88 Å². The molecule has 4 aromatic rings. The number of carbonyl (C=O) groups is 2. The number of halogens is 4. The molecule has 0 saturated heterocycles. The van der Waals surface area contributed by atoms with Crippen molar-refractivity contribution >= 4 is 17.3 Å². The molecule has 214 valence electrons. The fourth-order valence-corrected chi connectivity index (χ4v) is 5.06. The maximum absolute atomic E-state index is 13.9. The second kappa shape index (κ2) is 10.2. The van der Waals surface area contributed by atoms with Crippen LogP contribution < -0.4 is 15.8 Å². The Labute approximate surface area is 230 Å². The summed E-state index contributed by atoms with van der Waals surface area (Å²) in [7, 11) is 0. The largest absolute Gasteiger partial charge is 0.473 e. The van der Waals surface area contributed by atoms with E-state index in [1.807, 2.05) is 0 Å². The quantitative estimate of drug-likeness (QED) is 0.251. The van der Waals surface area contributed by atoms with Gasteiger partial charge < -0.3 is 15.8 Å². The fourth-order valence-electron chi connectivity index (χ4n) is 5.06. The molecule has 6 rings (SSSR count). The lowest BCUT2D eigenvalue weighted by Gasteiger charge is -2.29. The first-order valence-corrected chi connectivity index (χ1v) is 13.1. The predicted octanol–water partition coefficient (Wildman–Crippen LogP) is 4.30. The zero-order valence-electron chi connectivity index (χ0n) is 21.6. The van der Waals surface area contributed by atoms with Crippen molar-refractivity contribution in [3.63, 3.8) is 0 Å². The highest BCUT2D eigenvalue weighted by molar-refractivity contribution is 5.99. The van der Waals surface area contributed by atoms with Gasteiger partial charge in [-0.1, -0.05) is 6.07 Å². The number of carbonyl (C=O) groups excluding carboxylic acids is 2. The molecule has 0 radical (unpaired) electrons. The molecule has 3 N–H and O–H groups in total. The highest BCUT2D eigenvalue weighted by Gasteiger charge is 2.38. The maximum Gasteiger partial charge on any atom is 0.450 e. The van der Waals surface area contributed by atoms with E-state index >= 15 is 0 Å². The Bertz CT molecular complexity index is 1620. The first-order chi connectivity index (χ1) is 19.6. The zero-order valence-corrected chi connectivity index (χ0v) is 21.6. The van der Waals surface area contributed by atoms with Gasteiger partial charge in [0.15, 0.2) is 5.69 Å². The van der Waals surface area contributed by atoms with E-state index in [-0.39, 0.29) is 40.8 Å². The Morgan fingerprint density at radius 1 is 1.00 bits per heavy atom. The molecule has 2 aliphatic rings. The van der Waals surface area contributed by atoms with E-state index in [1.165, 1.54) is 30.6 Å². The Morgan fingerprint density at radius 3 is 2.37 bits per heavy atom. The number of aromatic nitrogens is 5.